The third kappa shape index (κ3) is 8.44. The molecule has 7 atom stereocenters. The molecule has 5 heterocycles. The molecule has 8 rings (SSSR count). The molecule has 2 aromatic heterocycles. The lowest BCUT2D eigenvalue weighted by Gasteiger charge is -2.41. The molecule has 1 aromatic carbocycles. The molecule has 0 radical (unpaired) electrons. The number of amides is 2. The number of ether oxygens (including phenoxy) is 3. The van der Waals surface area contributed by atoms with Gasteiger partial charge in [-0.25, -0.2) is 18.4 Å². The van der Waals surface area contributed by atoms with Gasteiger partial charge in [-0.05, 0) is 49.1 Å². The maximum absolute atomic E-state index is 14.6. The van der Waals surface area contributed by atoms with E-state index in [1.54, 1.807) is 11.0 Å². The van der Waals surface area contributed by atoms with Gasteiger partial charge in [0.1, 0.15) is 39.9 Å². The number of thiazole rings is 1. The second kappa shape index (κ2) is 17.2. The number of ketones is 1. The molecule has 5 aliphatic rings. The highest BCUT2D eigenvalue weighted by Gasteiger charge is 2.62. The highest BCUT2D eigenvalue weighted by molar-refractivity contribution is 7.90. The lowest BCUT2D eigenvalue weighted by Crippen LogP contribution is -2.64. The van der Waals surface area contributed by atoms with Gasteiger partial charge in [0.05, 0.1) is 53.2 Å². The monoisotopic (exact) mass is 882 g/mol. The van der Waals surface area contributed by atoms with Crippen molar-refractivity contribution in [3.63, 3.8) is 0 Å². The Morgan fingerprint density at radius 3 is 2.62 bits per heavy atom. The number of carbonyl (C=O) groups excluding carboxylic acids is 3. The Hall–Kier alpha value is -3.67. The van der Waals surface area contributed by atoms with Crippen LogP contribution in [0.3, 0.4) is 0 Å². The zero-order valence-electron chi connectivity index (χ0n) is 34.7. The Morgan fingerprint density at radius 2 is 1.95 bits per heavy atom. The summed E-state index contributed by atoms with van der Waals surface area (Å²) in [6.45, 7) is 16.7. The van der Waals surface area contributed by atoms with Crippen LogP contribution in [0, 0.1) is 17.3 Å². The molecule has 2 N–H and O–H groups in total. The molecule has 17 heteroatoms. The Kier molecular flexibility index (Phi) is 12.4. The summed E-state index contributed by atoms with van der Waals surface area (Å²) in [5, 5.41) is 6.55. The van der Waals surface area contributed by atoms with Gasteiger partial charge in [0.2, 0.25) is 21.8 Å². The Bertz CT molecular complexity index is 2260. The van der Waals surface area contributed by atoms with Crippen molar-refractivity contribution in [1.29, 1.82) is 0 Å². The number of sulfonamides is 1. The molecular formula is C43H55ClN6O8S2. The predicted octanol–water partition coefficient (Wildman–Crippen LogP) is 5.34. The van der Waals surface area contributed by atoms with Crippen molar-refractivity contribution in [3.8, 4) is 22.2 Å². The van der Waals surface area contributed by atoms with Crippen molar-refractivity contribution in [3.05, 3.63) is 47.0 Å². The number of morpholine rings is 1. The number of nitrogens with one attached hydrogen (secondary N) is 2. The second-order valence-corrected chi connectivity index (χ2v) is 20.5. The first-order chi connectivity index (χ1) is 28.7. The number of Topliss-reactive ketones (excluding diaryl/α,β-unsaturated/α-hetero) is 1. The molecule has 3 aromatic rings. The van der Waals surface area contributed by atoms with Gasteiger partial charge in [0.25, 0.3) is 0 Å². The predicted molar refractivity (Wildman–Crippen MR) is 230 cm³/mol. The minimum atomic E-state index is -3.84. The number of aromatic nitrogens is 2. The fourth-order valence-corrected chi connectivity index (χ4v) is 11.4. The molecule has 3 saturated heterocycles. The molecule has 2 aliphatic carbocycles. The largest absolute Gasteiger partial charge is 0.491 e. The molecule has 60 heavy (non-hydrogen) atoms. The first kappa shape index (κ1) is 43.0. The van der Waals surface area contributed by atoms with E-state index in [2.05, 4.69) is 35.4 Å². The second-order valence-electron chi connectivity index (χ2n) is 17.3. The maximum atomic E-state index is 14.6. The molecule has 2 saturated carbocycles. The lowest BCUT2D eigenvalue weighted by atomic mass is 9.91. The van der Waals surface area contributed by atoms with Gasteiger partial charge in [-0.1, -0.05) is 51.8 Å². The quantitative estimate of drug-likeness (QED) is 0.167. The number of halogens is 1. The van der Waals surface area contributed by atoms with E-state index < -0.39 is 50.8 Å². The Morgan fingerprint density at radius 1 is 1.18 bits per heavy atom. The molecule has 5 fully saturated rings. The fourth-order valence-electron chi connectivity index (χ4n) is 8.81. The van der Waals surface area contributed by atoms with Crippen molar-refractivity contribution >= 4 is 61.5 Å². The van der Waals surface area contributed by atoms with Gasteiger partial charge >= 0.3 is 0 Å². The summed E-state index contributed by atoms with van der Waals surface area (Å²) in [5.74, 6) is -0.371. The summed E-state index contributed by atoms with van der Waals surface area (Å²) in [5.41, 5.74) is 0.731. The minimum absolute atomic E-state index is 0.000603. The highest BCUT2D eigenvalue weighted by Crippen LogP contribution is 2.57. The molecule has 2 amide bonds. The first-order valence-electron chi connectivity index (χ1n) is 21.2. The topological polar surface area (TPSA) is 169 Å². The van der Waals surface area contributed by atoms with Crippen LogP contribution in [0.1, 0.15) is 77.8 Å². The smallest absolute Gasteiger partial charge is 0.241 e. The number of rotatable bonds is 17. The van der Waals surface area contributed by atoms with Crippen LogP contribution in [0.4, 0.5) is 0 Å². The van der Waals surface area contributed by atoms with Crippen LogP contribution in [0.2, 0.25) is 5.02 Å². The van der Waals surface area contributed by atoms with E-state index in [-0.39, 0.29) is 42.3 Å². The van der Waals surface area contributed by atoms with Gasteiger partial charge in [-0.3, -0.25) is 24.0 Å². The van der Waals surface area contributed by atoms with Gasteiger partial charge in [0.15, 0.2) is 5.78 Å². The van der Waals surface area contributed by atoms with E-state index in [1.807, 2.05) is 37.4 Å². The summed E-state index contributed by atoms with van der Waals surface area (Å²) in [7, 11) is -3.84. The third-order valence-electron chi connectivity index (χ3n) is 13.0. The zero-order valence-corrected chi connectivity index (χ0v) is 37.0. The molecule has 324 valence electrons. The van der Waals surface area contributed by atoms with Crippen LogP contribution >= 0.6 is 22.9 Å². The SMILES string of the molecule is C=C[C@@H]1C[C@]1(CC(=O)[C@@H]1C[C@@H](Oc2cc(-c3nc(C(C)C)cs3)nc3c(Cl)c(OCCN4CCOCC4)ccc23)[C@H]2CN[C@H]([C@@H](C)CC)C(=O)N21)C(=O)NS(=O)(=O)C1CC1. The van der Waals surface area contributed by atoms with Gasteiger partial charge in [-0.2, -0.15) is 0 Å². The van der Waals surface area contributed by atoms with E-state index in [0.717, 1.165) is 31.7 Å². The number of allylic oxidation sites excluding steroid dienone is 1. The number of piperazine rings is 1. The van der Waals surface area contributed by atoms with E-state index >= 15 is 0 Å². The zero-order chi connectivity index (χ0) is 42.5. The average Bonchev–Trinajstić information content (AvgIpc) is 4.13. The van der Waals surface area contributed by atoms with Crippen LogP contribution in [0.15, 0.2) is 36.2 Å². The standard InChI is InChI=1S/C43H55ClN6O8S2/c1-6-25(5)38-41(52)50-31(33(51)21-43(20-26(43)7-2)42(53)48-60(54,55)27-8-9-27)19-36(32(50)22-45-38)58-35-18-29(40-47-30(23-59-40)24(3)4)46-39-28(35)10-11-34(37(39)44)57-17-14-49-12-15-56-16-13-49/h7,10-11,18,23-27,31-32,36,38,45H,2,6,8-9,12-17,19-22H2,1,3-5H3,(H,48,53)/t25-,26+,31-,32+,36+,38+,43+/m0/s1. The van der Waals surface area contributed by atoms with Crippen LogP contribution in [0.5, 0.6) is 11.5 Å². The number of fused-ring (bicyclic) bond motifs is 2. The van der Waals surface area contributed by atoms with Crippen molar-refractivity contribution in [2.75, 3.05) is 46.0 Å². The summed E-state index contributed by atoms with van der Waals surface area (Å²) < 4.78 is 46.6. The average molecular weight is 884 g/mol. The minimum Gasteiger partial charge on any atom is -0.491 e. The van der Waals surface area contributed by atoms with E-state index in [9.17, 15) is 22.8 Å². The van der Waals surface area contributed by atoms with Gasteiger partial charge in [-0.15, -0.1) is 17.9 Å². The summed E-state index contributed by atoms with van der Waals surface area (Å²) in [6, 6.07) is 3.62. The maximum Gasteiger partial charge on any atom is 0.241 e. The van der Waals surface area contributed by atoms with Crippen LogP contribution in [-0.4, -0.2) is 121 Å². The van der Waals surface area contributed by atoms with Crippen LogP contribution in [0.25, 0.3) is 21.6 Å². The van der Waals surface area contributed by atoms with Crippen molar-refractivity contribution < 1.29 is 37.0 Å². The summed E-state index contributed by atoms with van der Waals surface area (Å²) in [4.78, 5) is 56.6. The van der Waals surface area contributed by atoms with Gasteiger partial charge < -0.3 is 24.4 Å². The van der Waals surface area contributed by atoms with E-state index in [1.165, 1.54) is 11.3 Å². The van der Waals surface area contributed by atoms with Crippen molar-refractivity contribution in [2.45, 2.75) is 102 Å². The number of hydrogen-bond donors (Lipinski definition) is 2. The number of benzene rings is 1. The normalized spacial score (nSPS) is 27.5. The van der Waals surface area contributed by atoms with E-state index in [0.29, 0.717) is 83.8 Å². The number of nitrogens with zero attached hydrogens (tertiary/aromatic N) is 4. The van der Waals surface area contributed by atoms with Crippen molar-refractivity contribution in [1.82, 2.24) is 29.8 Å². The molecule has 14 nitrogen and oxygen atoms in total. The Labute approximate surface area is 360 Å². The van der Waals surface area contributed by atoms with Crippen molar-refractivity contribution in [2.24, 2.45) is 17.3 Å². The molecule has 3 aliphatic heterocycles. The summed E-state index contributed by atoms with van der Waals surface area (Å²) in [6.07, 6.45) is 2.98. The number of hydrogen-bond acceptors (Lipinski definition) is 13. The third-order valence-corrected chi connectivity index (χ3v) is 16.1. The number of pyridine rings is 1. The highest BCUT2D eigenvalue weighted by atomic mass is 35.5. The van der Waals surface area contributed by atoms with Gasteiger partial charge in [0, 0.05) is 55.9 Å². The lowest BCUT2D eigenvalue weighted by molar-refractivity contribution is -0.146. The summed E-state index contributed by atoms with van der Waals surface area (Å²) >= 11 is 8.60. The van der Waals surface area contributed by atoms with Crippen LogP contribution in [-0.2, 0) is 29.1 Å². The fraction of sp³-hybridized carbons (Fsp3) is 0.605. The van der Waals surface area contributed by atoms with E-state index in [4.69, 9.17) is 35.8 Å². The Balaban J connectivity index is 1.11. The molecular weight excluding hydrogens is 828 g/mol. The molecule has 0 bridgehead atoms. The number of carbonyl (C=O) groups is 3. The first-order valence-corrected chi connectivity index (χ1v) is 24.0. The molecule has 0 unspecified atom stereocenters. The molecule has 0 spiro atoms. The van der Waals surface area contributed by atoms with Crippen LogP contribution < -0.4 is 19.5 Å².